The lowest BCUT2D eigenvalue weighted by Crippen LogP contribution is -2.11. The molecule has 1 aromatic heterocycles. The molecule has 13 heteroatoms. The highest BCUT2D eigenvalue weighted by atomic mass is 79.9. The highest BCUT2D eigenvalue weighted by Crippen LogP contribution is 2.40. The lowest BCUT2D eigenvalue weighted by atomic mass is 10.2. The minimum atomic E-state index is -3.53. The summed E-state index contributed by atoms with van der Waals surface area (Å²) in [6, 6.07) is 8.37. The topological polar surface area (TPSA) is 133 Å². The number of nitrogens with zero attached hydrogens (tertiary/aromatic N) is 2. The van der Waals surface area contributed by atoms with Gasteiger partial charge >= 0.3 is 0 Å². The summed E-state index contributed by atoms with van der Waals surface area (Å²) in [6.45, 7) is 0. The second-order valence-corrected chi connectivity index (χ2v) is 9.44. The monoisotopic (exact) mass is 553 g/mol. The van der Waals surface area contributed by atoms with Crippen LogP contribution in [0, 0.1) is 0 Å². The molecule has 0 spiro atoms. The first-order chi connectivity index (χ1) is 16.2. The molecule has 11 nitrogen and oxygen atoms in total. The maximum Gasteiger partial charge on any atom is 0.229 e. The highest BCUT2D eigenvalue weighted by Gasteiger charge is 2.16. The Kier molecular flexibility index (Phi) is 7.89. The van der Waals surface area contributed by atoms with Crippen LogP contribution in [0.5, 0.6) is 23.0 Å². The van der Waals surface area contributed by atoms with E-state index in [4.69, 9.17) is 18.9 Å². The Labute approximate surface area is 206 Å². The summed E-state index contributed by atoms with van der Waals surface area (Å²) in [5.74, 6) is 2.55. The van der Waals surface area contributed by atoms with Crippen molar-refractivity contribution in [2.45, 2.75) is 0 Å². The van der Waals surface area contributed by atoms with Gasteiger partial charge < -0.3 is 29.6 Å². The predicted octanol–water partition coefficient (Wildman–Crippen LogP) is 4.13. The Hall–Kier alpha value is -3.45. The molecule has 2 aromatic carbocycles. The van der Waals surface area contributed by atoms with Crippen LogP contribution in [0.4, 0.5) is 28.8 Å². The third-order valence-corrected chi connectivity index (χ3v) is 5.61. The van der Waals surface area contributed by atoms with E-state index < -0.39 is 10.0 Å². The molecule has 0 saturated carbocycles. The van der Waals surface area contributed by atoms with Gasteiger partial charge in [-0.3, -0.25) is 4.72 Å². The molecule has 0 unspecified atom stereocenters. The third kappa shape index (κ3) is 6.11. The summed E-state index contributed by atoms with van der Waals surface area (Å²) in [7, 11) is 2.53. The number of anilines is 5. The largest absolute Gasteiger partial charge is 0.497 e. The molecule has 0 radical (unpaired) electrons. The molecule has 3 N–H and O–H groups in total. The van der Waals surface area contributed by atoms with E-state index >= 15 is 0 Å². The number of rotatable bonds is 10. The third-order valence-electron chi connectivity index (χ3n) is 4.44. The number of methoxy groups -OCH3 is 4. The lowest BCUT2D eigenvalue weighted by Gasteiger charge is -2.16. The van der Waals surface area contributed by atoms with Crippen molar-refractivity contribution in [3.8, 4) is 23.0 Å². The molecule has 0 atom stereocenters. The molecule has 0 amide bonds. The van der Waals surface area contributed by atoms with Gasteiger partial charge in [-0.15, -0.1) is 0 Å². The van der Waals surface area contributed by atoms with Gasteiger partial charge in [-0.1, -0.05) is 0 Å². The fourth-order valence-electron chi connectivity index (χ4n) is 2.97. The van der Waals surface area contributed by atoms with Crippen LogP contribution in [0.25, 0.3) is 0 Å². The molecule has 0 aliphatic heterocycles. The number of hydrogen-bond acceptors (Lipinski definition) is 10. The first-order valence-electron chi connectivity index (χ1n) is 9.69. The van der Waals surface area contributed by atoms with Crippen molar-refractivity contribution in [2.24, 2.45) is 0 Å². The second kappa shape index (κ2) is 10.7. The van der Waals surface area contributed by atoms with Gasteiger partial charge in [-0.2, -0.15) is 4.98 Å². The SMILES string of the molecule is COc1ccc(Nc2nc(Nc3cc(OC)c(OC)c(OC)c3)ncc2Br)c(NS(C)(=O)=O)c1. The minimum absolute atomic E-state index is 0.270. The summed E-state index contributed by atoms with van der Waals surface area (Å²) in [5.41, 5.74) is 1.36. The molecule has 0 bridgehead atoms. The van der Waals surface area contributed by atoms with E-state index in [1.54, 1.807) is 36.5 Å². The van der Waals surface area contributed by atoms with Crippen molar-refractivity contribution in [1.82, 2.24) is 9.97 Å². The maximum atomic E-state index is 11.8. The standard InChI is InChI=1S/C21H24BrN5O6S/c1-30-13-6-7-15(16(10-13)27-34(5,28)29)25-20-14(22)11-23-21(26-20)24-12-8-17(31-2)19(33-4)18(9-12)32-3/h6-11,27H,1-5H3,(H2,23,24,25,26). The van der Waals surface area contributed by atoms with E-state index in [0.29, 0.717) is 50.4 Å². The molecular formula is C21H24BrN5O6S. The first-order valence-corrected chi connectivity index (χ1v) is 12.4. The zero-order valence-corrected chi connectivity index (χ0v) is 21.5. The number of nitrogens with one attached hydrogen (secondary N) is 3. The Bertz CT molecular complexity index is 1260. The van der Waals surface area contributed by atoms with E-state index in [1.165, 1.54) is 28.4 Å². The predicted molar refractivity (Wildman–Crippen MR) is 134 cm³/mol. The molecule has 3 rings (SSSR count). The van der Waals surface area contributed by atoms with Crippen molar-refractivity contribution >= 4 is 54.8 Å². The molecule has 3 aromatic rings. The van der Waals surface area contributed by atoms with Gasteiger partial charge in [0.1, 0.15) is 11.6 Å². The molecule has 1 heterocycles. The molecule has 0 aliphatic rings. The van der Waals surface area contributed by atoms with Crippen LogP contribution < -0.4 is 34.3 Å². The molecule has 182 valence electrons. The first kappa shape index (κ1) is 25.2. The average Bonchev–Trinajstić information content (AvgIpc) is 2.80. The Balaban J connectivity index is 1.94. The van der Waals surface area contributed by atoms with E-state index in [2.05, 4.69) is 41.3 Å². The fraction of sp³-hybridized carbons (Fsp3) is 0.238. The van der Waals surface area contributed by atoms with Gasteiger partial charge in [0.05, 0.1) is 50.5 Å². The van der Waals surface area contributed by atoms with Crippen LogP contribution in [0.2, 0.25) is 0 Å². The van der Waals surface area contributed by atoms with Gasteiger partial charge in [0.15, 0.2) is 11.5 Å². The van der Waals surface area contributed by atoms with Gasteiger partial charge in [0.2, 0.25) is 21.7 Å². The van der Waals surface area contributed by atoms with E-state index in [-0.39, 0.29) is 5.95 Å². The summed E-state index contributed by atoms with van der Waals surface area (Å²) < 4.78 is 48.0. The quantitative estimate of drug-likeness (QED) is 0.336. The van der Waals surface area contributed by atoms with Crippen LogP contribution in [0.15, 0.2) is 41.0 Å². The van der Waals surface area contributed by atoms with Crippen LogP contribution in [-0.4, -0.2) is 53.1 Å². The smallest absolute Gasteiger partial charge is 0.229 e. The number of aromatic nitrogens is 2. The Morgan fingerprint density at radius 3 is 2.12 bits per heavy atom. The van der Waals surface area contributed by atoms with Crippen molar-refractivity contribution in [1.29, 1.82) is 0 Å². The van der Waals surface area contributed by atoms with Crippen LogP contribution in [0.3, 0.4) is 0 Å². The van der Waals surface area contributed by atoms with E-state index in [9.17, 15) is 8.42 Å². The van der Waals surface area contributed by atoms with E-state index in [0.717, 1.165) is 6.26 Å². The Morgan fingerprint density at radius 1 is 0.882 bits per heavy atom. The van der Waals surface area contributed by atoms with Crippen molar-refractivity contribution in [3.63, 3.8) is 0 Å². The summed E-state index contributed by atoms with van der Waals surface area (Å²) in [4.78, 5) is 8.78. The maximum absolute atomic E-state index is 11.8. The van der Waals surface area contributed by atoms with Crippen LogP contribution in [-0.2, 0) is 10.0 Å². The molecule has 34 heavy (non-hydrogen) atoms. The van der Waals surface area contributed by atoms with Gasteiger partial charge in [0.25, 0.3) is 0 Å². The van der Waals surface area contributed by atoms with Crippen LogP contribution >= 0.6 is 15.9 Å². The molecule has 0 aliphatic carbocycles. The minimum Gasteiger partial charge on any atom is -0.497 e. The van der Waals surface area contributed by atoms with Crippen molar-refractivity contribution in [2.75, 3.05) is 50.1 Å². The van der Waals surface area contributed by atoms with Crippen molar-refractivity contribution in [3.05, 3.63) is 41.0 Å². The summed E-state index contributed by atoms with van der Waals surface area (Å²) in [6.07, 6.45) is 2.62. The summed E-state index contributed by atoms with van der Waals surface area (Å²) >= 11 is 3.42. The van der Waals surface area contributed by atoms with Gasteiger partial charge in [0, 0.05) is 30.1 Å². The van der Waals surface area contributed by atoms with Gasteiger partial charge in [-0.25, -0.2) is 13.4 Å². The highest BCUT2D eigenvalue weighted by molar-refractivity contribution is 9.10. The number of halogens is 1. The lowest BCUT2D eigenvalue weighted by molar-refractivity contribution is 0.324. The Morgan fingerprint density at radius 2 is 1.56 bits per heavy atom. The van der Waals surface area contributed by atoms with E-state index in [1.807, 2.05) is 0 Å². The molecule has 0 fully saturated rings. The average molecular weight is 554 g/mol. The molecular weight excluding hydrogens is 530 g/mol. The second-order valence-electron chi connectivity index (χ2n) is 6.84. The van der Waals surface area contributed by atoms with Gasteiger partial charge in [-0.05, 0) is 28.1 Å². The molecule has 0 saturated heterocycles. The number of hydrogen-bond donors (Lipinski definition) is 3. The van der Waals surface area contributed by atoms with Crippen LogP contribution in [0.1, 0.15) is 0 Å². The number of sulfonamides is 1. The number of benzene rings is 2. The van der Waals surface area contributed by atoms with Crippen molar-refractivity contribution < 1.29 is 27.4 Å². The zero-order valence-electron chi connectivity index (χ0n) is 19.1. The number of ether oxygens (including phenoxy) is 4. The zero-order chi connectivity index (χ0) is 24.9. The summed E-state index contributed by atoms with van der Waals surface area (Å²) in [5, 5.41) is 6.21. The fourth-order valence-corrected chi connectivity index (χ4v) is 3.83. The normalized spacial score (nSPS) is 10.9.